The highest BCUT2D eigenvalue weighted by Crippen LogP contribution is 2.38. The normalized spacial score (nSPS) is 13.1. The summed E-state index contributed by atoms with van der Waals surface area (Å²) in [5.74, 6) is 0.806. The molecule has 1 aliphatic rings. The molecule has 2 aromatic rings. The summed E-state index contributed by atoms with van der Waals surface area (Å²) in [6, 6.07) is 5.13. The van der Waals surface area contributed by atoms with Crippen LogP contribution in [-0.2, 0) is 6.54 Å². The summed E-state index contributed by atoms with van der Waals surface area (Å²) in [5.41, 5.74) is 1.46. The zero-order valence-electron chi connectivity index (χ0n) is 10.6. The van der Waals surface area contributed by atoms with Crippen LogP contribution in [0.25, 0.3) is 0 Å². The van der Waals surface area contributed by atoms with E-state index in [1.165, 1.54) is 0 Å². The van der Waals surface area contributed by atoms with E-state index in [4.69, 9.17) is 21.1 Å². The lowest BCUT2D eigenvalue weighted by molar-refractivity contribution is 0.0949. The Labute approximate surface area is 120 Å². The molecule has 0 bridgehead atoms. The molecule has 5 nitrogen and oxygen atoms in total. The van der Waals surface area contributed by atoms with Gasteiger partial charge in [-0.25, -0.2) is 0 Å². The number of aromatic nitrogens is 1. The van der Waals surface area contributed by atoms with Crippen LogP contribution in [0, 0.1) is 0 Å². The molecule has 3 rings (SSSR count). The molecule has 0 atom stereocenters. The number of hydrogen-bond acceptors (Lipinski definition) is 3. The predicted octanol–water partition coefficient (Wildman–Crippen LogP) is 2.37. The molecule has 0 saturated carbocycles. The van der Waals surface area contributed by atoms with Crippen LogP contribution < -0.4 is 14.8 Å². The van der Waals surface area contributed by atoms with Crippen LogP contribution in [0.15, 0.2) is 30.6 Å². The summed E-state index contributed by atoms with van der Waals surface area (Å²) < 4.78 is 10.9. The molecule has 0 saturated heterocycles. The number of hydrogen-bond donors (Lipinski definition) is 2. The number of rotatable bonds is 3. The quantitative estimate of drug-likeness (QED) is 0.913. The Morgan fingerprint density at radius 1 is 1.35 bits per heavy atom. The Morgan fingerprint density at radius 3 is 3.00 bits per heavy atom. The monoisotopic (exact) mass is 292 g/mol. The van der Waals surface area contributed by atoms with Gasteiger partial charge < -0.3 is 19.8 Å². The predicted molar refractivity (Wildman–Crippen MR) is 74.4 cm³/mol. The van der Waals surface area contributed by atoms with Gasteiger partial charge in [0.1, 0.15) is 13.2 Å². The number of carbonyl (C=O) groups excluding carboxylic acids is 1. The second kappa shape index (κ2) is 5.46. The first kappa shape index (κ1) is 12.9. The van der Waals surface area contributed by atoms with E-state index in [1.807, 2.05) is 18.5 Å². The first-order valence-electron chi connectivity index (χ1n) is 6.23. The molecular formula is C14H13ClN2O3. The van der Waals surface area contributed by atoms with Crippen molar-refractivity contribution in [2.45, 2.75) is 6.54 Å². The fraction of sp³-hybridized carbons (Fsp3) is 0.214. The topological polar surface area (TPSA) is 63.4 Å². The van der Waals surface area contributed by atoms with Gasteiger partial charge in [-0.3, -0.25) is 4.79 Å². The lowest BCUT2D eigenvalue weighted by atomic mass is 10.1. The van der Waals surface area contributed by atoms with Crippen molar-refractivity contribution in [2.75, 3.05) is 13.2 Å². The minimum atomic E-state index is -0.204. The summed E-state index contributed by atoms with van der Waals surface area (Å²) in [7, 11) is 0. The maximum absolute atomic E-state index is 12.1. The van der Waals surface area contributed by atoms with Crippen molar-refractivity contribution >= 4 is 17.5 Å². The van der Waals surface area contributed by atoms with E-state index in [0.717, 1.165) is 5.56 Å². The molecule has 0 spiro atoms. The largest absolute Gasteiger partial charge is 0.486 e. The van der Waals surface area contributed by atoms with Crippen LogP contribution in [0.2, 0.25) is 5.02 Å². The zero-order chi connectivity index (χ0) is 13.9. The maximum Gasteiger partial charge on any atom is 0.251 e. The number of amides is 1. The van der Waals surface area contributed by atoms with Crippen molar-refractivity contribution in [3.63, 3.8) is 0 Å². The summed E-state index contributed by atoms with van der Waals surface area (Å²) >= 11 is 6.10. The SMILES string of the molecule is O=C(NCc1cc[nH]c1)c1cc(Cl)c2c(c1)OCCO2. The van der Waals surface area contributed by atoms with Gasteiger partial charge in [-0.2, -0.15) is 0 Å². The molecule has 0 unspecified atom stereocenters. The molecule has 0 radical (unpaired) electrons. The van der Waals surface area contributed by atoms with Crippen LogP contribution in [-0.4, -0.2) is 24.1 Å². The molecule has 1 aliphatic heterocycles. The molecular weight excluding hydrogens is 280 g/mol. The van der Waals surface area contributed by atoms with Gasteiger partial charge in [0, 0.05) is 24.5 Å². The van der Waals surface area contributed by atoms with Gasteiger partial charge in [0.15, 0.2) is 11.5 Å². The first-order chi connectivity index (χ1) is 9.74. The molecule has 104 valence electrons. The van der Waals surface area contributed by atoms with Crippen molar-refractivity contribution in [1.82, 2.24) is 10.3 Å². The molecule has 0 aliphatic carbocycles. The van der Waals surface area contributed by atoms with Crippen molar-refractivity contribution < 1.29 is 14.3 Å². The van der Waals surface area contributed by atoms with Gasteiger partial charge in [-0.1, -0.05) is 11.6 Å². The standard InChI is InChI=1S/C14H13ClN2O3/c15-11-5-10(6-12-13(11)20-4-3-19-12)14(18)17-8-9-1-2-16-7-9/h1-2,5-7,16H,3-4,8H2,(H,17,18). The fourth-order valence-corrected chi connectivity index (χ4v) is 2.26. The van der Waals surface area contributed by atoms with Crippen molar-refractivity contribution in [3.8, 4) is 11.5 Å². The Balaban J connectivity index is 1.76. The average molecular weight is 293 g/mol. The van der Waals surface area contributed by atoms with Crippen LogP contribution >= 0.6 is 11.6 Å². The third-order valence-corrected chi connectivity index (χ3v) is 3.26. The second-order valence-corrected chi connectivity index (χ2v) is 4.79. The number of nitrogens with one attached hydrogen (secondary N) is 2. The third kappa shape index (κ3) is 2.58. The highest BCUT2D eigenvalue weighted by molar-refractivity contribution is 6.32. The maximum atomic E-state index is 12.1. The molecule has 1 amide bonds. The zero-order valence-corrected chi connectivity index (χ0v) is 11.4. The Hall–Kier alpha value is -2.14. The van der Waals surface area contributed by atoms with Crippen molar-refractivity contribution in [2.24, 2.45) is 0 Å². The van der Waals surface area contributed by atoms with Crippen molar-refractivity contribution in [1.29, 1.82) is 0 Å². The molecule has 1 aromatic heterocycles. The van der Waals surface area contributed by atoms with E-state index in [9.17, 15) is 4.79 Å². The number of H-pyrrole nitrogens is 1. The van der Waals surface area contributed by atoms with Gasteiger partial charge in [0.25, 0.3) is 5.91 Å². The summed E-state index contributed by atoms with van der Waals surface area (Å²) in [6.07, 6.45) is 3.64. The smallest absolute Gasteiger partial charge is 0.251 e. The number of halogens is 1. The van der Waals surface area contributed by atoms with Crippen LogP contribution in [0.3, 0.4) is 0 Å². The van der Waals surface area contributed by atoms with Crippen LogP contribution in [0.1, 0.15) is 15.9 Å². The Morgan fingerprint density at radius 2 is 2.20 bits per heavy atom. The minimum Gasteiger partial charge on any atom is -0.486 e. The molecule has 0 fully saturated rings. The van der Waals surface area contributed by atoms with Crippen molar-refractivity contribution in [3.05, 3.63) is 46.7 Å². The Kier molecular flexibility index (Phi) is 3.52. The molecule has 1 aromatic carbocycles. The van der Waals surface area contributed by atoms with E-state index >= 15 is 0 Å². The molecule has 20 heavy (non-hydrogen) atoms. The summed E-state index contributed by atoms with van der Waals surface area (Å²) in [5, 5.41) is 3.20. The number of carbonyl (C=O) groups is 1. The number of aromatic amines is 1. The lowest BCUT2D eigenvalue weighted by Gasteiger charge is -2.20. The van der Waals surface area contributed by atoms with Gasteiger partial charge in [0.2, 0.25) is 0 Å². The summed E-state index contributed by atoms with van der Waals surface area (Å²) in [6.45, 7) is 1.37. The van der Waals surface area contributed by atoms with Gasteiger partial charge in [-0.15, -0.1) is 0 Å². The highest BCUT2D eigenvalue weighted by atomic mass is 35.5. The van der Waals surface area contributed by atoms with Gasteiger partial charge in [0.05, 0.1) is 5.02 Å². The number of benzene rings is 1. The van der Waals surface area contributed by atoms with Gasteiger partial charge >= 0.3 is 0 Å². The minimum absolute atomic E-state index is 0.204. The average Bonchev–Trinajstić information content (AvgIpc) is 2.98. The fourth-order valence-electron chi connectivity index (χ4n) is 1.99. The van der Waals surface area contributed by atoms with Crippen LogP contribution in [0.5, 0.6) is 11.5 Å². The van der Waals surface area contributed by atoms with E-state index in [1.54, 1.807) is 12.1 Å². The molecule has 2 heterocycles. The van der Waals surface area contributed by atoms with E-state index in [2.05, 4.69) is 10.3 Å². The third-order valence-electron chi connectivity index (χ3n) is 2.97. The number of fused-ring (bicyclic) bond motifs is 1. The summed E-state index contributed by atoms with van der Waals surface area (Å²) in [4.78, 5) is 15.0. The van der Waals surface area contributed by atoms with Gasteiger partial charge in [-0.05, 0) is 23.8 Å². The highest BCUT2D eigenvalue weighted by Gasteiger charge is 2.19. The second-order valence-electron chi connectivity index (χ2n) is 4.38. The first-order valence-corrected chi connectivity index (χ1v) is 6.61. The molecule has 6 heteroatoms. The lowest BCUT2D eigenvalue weighted by Crippen LogP contribution is -2.23. The van der Waals surface area contributed by atoms with E-state index in [-0.39, 0.29) is 5.91 Å². The van der Waals surface area contributed by atoms with Crippen LogP contribution in [0.4, 0.5) is 0 Å². The van der Waals surface area contributed by atoms with E-state index in [0.29, 0.717) is 41.8 Å². The Bertz CT molecular complexity index is 626. The van der Waals surface area contributed by atoms with E-state index < -0.39 is 0 Å². The number of ether oxygens (including phenoxy) is 2. The molecule has 2 N–H and O–H groups in total.